The smallest absolute Gasteiger partial charge is 0.416 e. The number of nitrogens with one attached hydrogen (secondary N) is 1. The highest BCUT2D eigenvalue weighted by Gasteiger charge is 2.30. The minimum Gasteiger partial charge on any atom is -0.423 e. The maximum Gasteiger partial charge on any atom is 0.416 e. The molecule has 1 aromatic heterocycles. The Bertz CT molecular complexity index is 1170. The first-order chi connectivity index (χ1) is 13.1. The molecule has 10 heteroatoms. The van der Waals surface area contributed by atoms with Gasteiger partial charge in [0.05, 0.1) is 22.8 Å². The minimum absolute atomic E-state index is 0.0881. The highest BCUT2D eigenvalue weighted by Crippen LogP contribution is 2.30. The fraction of sp³-hybridized carbons (Fsp3) is 0.167. The van der Waals surface area contributed by atoms with Crippen LogP contribution in [0.1, 0.15) is 11.1 Å². The van der Waals surface area contributed by atoms with Gasteiger partial charge in [0.15, 0.2) is 0 Å². The van der Waals surface area contributed by atoms with Gasteiger partial charge < -0.3 is 9.15 Å². The highest BCUT2D eigenvalue weighted by atomic mass is 32.2. The van der Waals surface area contributed by atoms with Crippen LogP contribution in [0.3, 0.4) is 0 Å². The molecule has 148 valence electrons. The van der Waals surface area contributed by atoms with Gasteiger partial charge in [0.1, 0.15) is 5.58 Å². The number of halogens is 3. The van der Waals surface area contributed by atoms with E-state index in [1.54, 1.807) is 6.07 Å². The number of benzene rings is 2. The average Bonchev–Trinajstić information content (AvgIpc) is 2.60. The summed E-state index contributed by atoms with van der Waals surface area (Å²) in [5.41, 5.74) is -0.768. The molecule has 0 saturated carbocycles. The van der Waals surface area contributed by atoms with E-state index in [1.807, 2.05) is 0 Å². The Morgan fingerprint density at radius 3 is 2.36 bits per heavy atom. The standard InChI is InChI=1S/C18H14F3NO5S/c1-26-10-11-8-17(23)27-16-9-13(4-7-15(11)16)22-28(24,25)14-5-2-12(3-6-14)18(19,20)21/h2-9,22H,10H2,1H3. The summed E-state index contributed by atoms with van der Waals surface area (Å²) < 4.78 is 75.1. The van der Waals surface area contributed by atoms with Crippen molar-refractivity contribution in [3.05, 3.63) is 70.1 Å². The van der Waals surface area contributed by atoms with Gasteiger partial charge in [-0.25, -0.2) is 13.2 Å². The van der Waals surface area contributed by atoms with E-state index in [0.29, 0.717) is 23.1 Å². The van der Waals surface area contributed by atoms with Crippen LogP contribution in [0, 0.1) is 0 Å². The molecule has 0 aliphatic rings. The highest BCUT2D eigenvalue weighted by molar-refractivity contribution is 7.92. The molecule has 0 saturated heterocycles. The molecule has 0 unspecified atom stereocenters. The average molecular weight is 413 g/mol. The van der Waals surface area contributed by atoms with Crippen LogP contribution in [0.2, 0.25) is 0 Å². The Morgan fingerprint density at radius 1 is 1.07 bits per heavy atom. The van der Waals surface area contributed by atoms with Gasteiger partial charge in [0.25, 0.3) is 10.0 Å². The molecular formula is C18H14F3NO5S. The van der Waals surface area contributed by atoms with Crippen LogP contribution < -0.4 is 10.3 Å². The summed E-state index contributed by atoms with van der Waals surface area (Å²) in [4.78, 5) is 11.3. The Hall–Kier alpha value is -2.85. The van der Waals surface area contributed by atoms with Gasteiger partial charge in [-0.15, -0.1) is 0 Å². The van der Waals surface area contributed by atoms with E-state index in [9.17, 15) is 26.4 Å². The number of hydrogen-bond donors (Lipinski definition) is 1. The Morgan fingerprint density at radius 2 is 1.75 bits per heavy atom. The van der Waals surface area contributed by atoms with Crippen molar-refractivity contribution in [1.29, 1.82) is 0 Å². The van der Waals surface area contributed by atoms with E-state index in [4.69, 9.17) is 9.15 Å². The SMILES string of the molecule is COCc1cc(=O)oc2cc(NS(=O)(=O)c3ccc(C(F)(F)F)cc3)ccc12. The predicted octanol–water partition coefficient (Wildman–Crippen LogP) is 3.76. The third-order valence-corrected chi connectivity index (χ3v) is 5.27. The second kappa shape index (κ2) is 7.28. The largest absolute Gasteiger partial charge is 0.423 e. The van der Waals surface area contributed by atoms with Gasteiger partial charge in [0.2, 0.25) is 0 Å². The fourth-order valence-corrected chi connectivity index (χ4v) is 3.65. The lowest BCUT2D eigenvalue weighted by Gasteiger charge is -2.11. The molecule has 0 fully saturated rings. The van der Waals surface area contributed by atoms with Crippen LogP contribution >= 0.6 is 0 Å². The second-order valence-electron chi connectivity index (χ2n) is 5.86. The zero-order chi connectivity index (χ0) is 20.5. The van der Waals surface area contributed by atoms with Crippen molar-refractivity contribution in [3.8, 4) is 0 Å². The Kier molecular flexibility index (Phi) is 5.18. The summed E-state index contributed by atoms with van der Waals surface area (Å²) in [6.07, 6.45) is -4.56. The number of fused-ring (bicyclic) bond motifs is 1. The molecule has 0 radical (unpaired) electrons. The van der Waals surface area contributed by atoms with E-state index in [0.717, 1.165) is 12.1 Å². The number of anilines is 1. The lowest BCUT2D eigenvalue weighted by molar-refractivity contribution is -0.137. The Labute approximate surface area is 157 Å². The summed E-state index contributed by atoms with van der Waals surface area (Å²) in [7, 11) is -2.67. The molecular weight excluding hydrogens is 399 g/mol. The summed E-state index contributed by atoms with van der Waals surface area (Å²) in [5.74, 6) is 0. The van der Waals surface area contributed by atoms with Crippen LogP contribution in [0.5, 0.6) is 0 Å². The quantitative estimate of drug-likeness (QED) is 0.644. The van der Waals surface area contributed by atoms with Gasteiger partial charge in [-0.3, -0.25) is 4.72 Å². The second-order valence-corrected chi connectivity index (χ2v) is 7.54. The topological polar surface area (TPSA) is 85.6 Å². The van der Waals surface area contributed by atoms with Crippen molar-refractivity contribution in [1.82, 2.24) is 0 Å². The van der Waals surface area contributed by atoms with E-state index in [2.05, 4.69) is 4.72 Å². The molecule has 0 spiro atoms. The fourth-order valence-electron chi connectivity index (χ4n) is 2.61. The molecule has 0 atom stereocenters. The molecule has 0 amide bonds. The number of ether oxygens (including phenoxy) is 1. The number of sulfonamides is 1. The van der Waals surface area contributed by atoms with Crippen LogP contribution in [0.25, 0.3) is 11.0 Å². The van der Waals surface area contributed by atoms with Crippen molar-refractivity contribution in [3.63, 3.8) is 0 Å². The summed E-state index contributed by atoms with van der Waals surface area (Å²) >= 11 is 0. The van der Waals surface area contributed by atoms with Crippen molar-refractivity contribution in [2.75, 3.05) is 11.8 Å². The summed E-state index contributed by atoms with van der Waals surface area (Å²) in [6, 6.07) is 8.69. The van der Waals surface area contributed by atoms with Crippen molar-refractivity contribution in [2.24, 2.45) is 0 Å². The van der Waals surface area contributed by atoms with E-state index in [-0.39, 0.29) is 22.8 Å². The monoisotopic (exact) mass is 413 g/mol. The van der Waals surface area contributed by atoms with Crippen LogP contribution in [-0.4, -0.2) is 15.5 Å². The molecule has 0 bridgehead atoms. The first kappa shape index (κ1) is 19.9. The normalized spacial score (nSPS) is 12.3. The molecule has 1 heterocycles. The number of alkyl halides is 3. The van der Waals surface area contributed by atoms with Crippen molar-refractivity contribution in [2.45, 2.75) is 17.7 Å². The maximum atomic E-state index is 12.6. The lowest BCUT2D eigenvalue weighted by Crippen LogP contribution is -2.14. The zero-order valence-electron chi connectivity index (χ0n) is 14.4. The van der Waals surface area contributed by atoms with Crippen LogP contribution in [0.4, 0.5) is 18.9 Å². The Balaban J connectivity index is 1.94. The van der Waals surface area contributed by atoms with Gasteiger partial charge in [-0.1, -0.05) is 0 Å². The molecule has 0 aliphatic heterocycles. The molecule has 0 aliphatic carbocycles. The first-order valence-electron chi connectivity index (χ1n) is 7.86. The number of hydrogen-bond acceptors (Lipinski definition) is 5. The molecule has 3 aromatic rings. The van der Waals surface area contributed by atoms with Crippen LogP contribution in [0.15, 0.2) is 62.6 Å². The maximum absolute atomic E-state index is 12.6. The molecule has 1 N–H and O–H groups in total. The zero-order valence-corrected chi connectivity index (χ0v) is 15.2. The summed E-state index contributed by atoms with van der Waals surface area (Å²) in [6.45, 7) is 0.165. The van der Waals surface area contributed by atoms with E-state index < -0.39 is 27.4 Å². The third-order valence-electron chi connectivity index (χ3n) is 3.87. The van der Waals surface area contributed by atoms with Crippen molar-refractivity contribution < 1.29 is 30.7 Å². The van der Waals surface area contributed by atoms with E-state index in [1.165, 1.54) is 25.3 Å². The number of rotatable bonds is 5. The van der Waals surface area contributed by atoms with Gasteiger partial charge >= 0.3 is 11.8 Å². The van der Waals surface area contributed by atoms with Crippen molar-refractivity contribution >= 4 is 26.7 Å². The molecule has 2 aromatic carbocycles. The van der Waals surface area contributed by atoms with Gasteiger partial charge in [-0.2, -0.15) is 13.2 Å². The van der Waals surface area contributed by atoms with Gasteiger partial charge in [-0.05, 0) is 42.0 Å². The number of methoxy groups -OCH3 is 1. The van der Waals surface area contributed by atoms with Crippen LogP contribution in [-0.2, 0) is 27.5 Å². The predicted molar refractivity (Wildman–Crippen MR) is 95.4 cm³/mol. The molecule has 3 rings (SSSR count). The van der Waals surface area contributed by atoms with Gasteiger partial charge in [0, 0.05) is 24.6 Å². The molecule has 28 heavy (non-hydrogen) atoms. The first-order valence-corrected chi connectivity index (χ1v) is 9.34. The molecule has 6 nitrogen and oxygen atoms in total. The lowest BCUT2D eigenvalue weighted by atomic mass is 10.1. The van der Waals surface area contributed by atoms with E-state index >= 15 is 0 Å². The summed E-state index contributed by atoms with van der Waals surface area (Å²) in [5, 5.41) is 0.568. The minimum atomic E-state index is -4.56. The third kappa shape index (κ3) is 4.18.